The fourth-order valence-electron chi connectivity index (χ4n) is 2.82. The molecule has 0 radical (unpaired) electrons. The van der Waals surface area contributed by atoms with Crippen LogP contribution in [-0.4, -0.2) is 38.7 Å². The summed E-state index contributed by atoms with van der Waals surface area (Å²) in [5.41, 5.74) is 2.71. The monoisotopic (exact) mass is 401 g/mol. The zero-order chi connectivity index (χ0) is 20.1. The molecule has 28 heavy (non-hydrogen) atoms. The van der Waals surface area contributed by atoms with Crippen molar-refractivity contribution in [1.82, 2.24) is 24.8 Å². The first-order chi connectivity index (χ1) is 13.4. The van der Waals surface area contributed by atoms with Gasteiger partial charge in [-0.3, -0.25) is 0 Å². The number of nitrogens with one attached hydrogen (secondary N) is 3. The first kappa shape index (κ1) is 20.4. The Morgan fingerprint density at radius 3 is 2.43 bits per heavy atom. The fraction of sp³-hybridized carbons (Fsp3) is 0.450. The van der Waals surface area contributed by atoms with Gasteiger partial charge in [0.2, 0.25) is 5.95 Å². The zero-order valence-electron chi connectivity index (χ0n) is 16.8. The number of hydrogen-bond acceptors (Lipinski definition) is 6. The van der Waals surface area contributed by atoms with Gasteiger partial charge >= 0.3 is 0 Å². The summed E-state index contributed by atoms with van der Waals surface area (Å²) in [5, 5.41) is 10.8. The summed E-state index contributed by atoms with van der Waals surface area (Å²) in [5.74, 6) is 1.32. The van der Waals surface area contributed by atoms with Gasteiger partial charge in [-0.25, -0.2) is 4.98 Å². The predicted molar refractivity (Wildman–Crippen MR) is 116 cm³/mol. The van der Waals surface area contributed by atoms with Crippen LogP contribution in [0.2, 0.25) is 5.02 Å². The fourth-order valence-corrected chi connectivity index (χ4v) is 2.95. The van der Waals surface area contributed by atoms with Crippen LogP contribution in [0.4, 0.5) is 11.8 Å². The van der Waals surface area contributed by atoms with Crippen LogP contribution in [0.15, 0.2) is 30.6 Å². The molecule has 0 spiro atoms. The van der Waals surface area contributed by atoms with E-state index in [1.807, 2.05) is 30.6 Å². The Labute approximate surface area is 170 Å². The van der Waals surface area contributed by atoms with Gasteiger partial charge in [0, 0.05) is 36.7 Å². The second kappa shape index (κ2) is 9.21. The number of nitrogens with zero attached hydrogens (tertiary/aromatic N) is 4. The normalized spacial score (nSPS) is 11.5. The van der Waals surface area contributed by atoms with Crippen LogP contribution in [0.1, 0.15) is 39.3 Å². The Kier molecular flexibility index (Phi) is 6.70. The topological polar surface area (TPSA) is 79.7 Å². The lowest BCUT2D eigenvalue weighted by Crippen LogP contribution is -2.28. The molecule has 0 aliphatic heterocycles. The van der Waals surface area contributed by atoms with Crippen molar-refractivity contribution in [2.45, 2.75) is 46.3 Å². The van der Waals surface area contributed by atoms with E-state index in [-0.39, 0.29) is 6.04 Å². The van der Waals surface area contributed by atoms with E-state index in [0.29, 0.717) is 18.5 Å². The number of benzene rings is 1. The lowest BCUT2D eigenvalue weighted by molar-refractivity contribution is 0.601. The first-order valence-electron chi connectivity index (χ1n) is 9.64. The number of halogens is 1. The molecule has 2 aromatic heterocycles. The standard InChI is InChI=1S/C20H28ClN7/c1-13(2)22-9-10-23-20-26-18(24-11-15-5-7-16(21)8-6-15)17-19(27-20)28(12-25-17)14(3)4/h5-8,12-14,22H,9-11H2,1-4H3,(H2,23,24,26,27). The Hall–Kier alpha value is -2.38. The average molecular weight is 402 g/mol. The highest BCUT2D eigenvalue weighted by Crippen LogP contribution is 2.24. The van der Waals surface area contributed by atoms with Crippen molar-refractivity contribution in [3.8, 4) is 0 Å². The highest BCUT2D eigenvalue weighted by Gasteiger charge is 2.14. The number of fused-ring (bicyclic) bond motifs is 1. The minimum absolute atomic E-state index is 0.263. The maximum absolute atomic E-state index is 5.97. The smallest absolute Gasteiger partial charge is 0.226 e. The second-order valence-electron chi connectivity index (χ2n) is 7.33. The number of hydrogen-bond donors (Lipinski definition) is 3. The van der Waals surface area contributed by atoms with Crippen LogP contribution >= 0.6 is 11.6 Å². The van der Waals surface area contributed by atoms with Gasteiger partial charge in [0.25, 0.3) is 0 Å². The summed E-state index contributed by atoms with van der Waals surface area (Å²) < 4.78 is 2.06. The van der Waals surface area contributed by atoms with Crippen molar-refractivity contribution in [3.05, 3.63) is 41.2 Å². The van der Waals surface area contributed by atoms with Crippen LogP contribution in [0.3, 0.4) is 0 Å². The molecule has 0 unspecified atom stereocenters. The summed E-state index contributed by atoms with van der Waals surface area (Å²) in [4.78, 5) is 13.9. The van der Waals surface area contributed by atoms with Gasteiger partial charge < -0.3 is 20.5 Å². The van der Waals surface area contributed by atoms with Crippen molar-refractivity contribution in [3.63, 3.8) is 0 Å². The van der Waals surface area contributed by atoms with Gasteiger partial charge in [0.15, 0.2) is 17.0 Å². The molecule has 0 bridgehead atoms. The van der Waals surface area contributed by atoms with E-state index < -0.39 is 0 Å². The van der Waals surface area contributed by atoms with E-state index in [1.165, 1.54) is 0 Å². The third-order valence-electron chi connectivity index (χ3n) is 4.31. The molecule has 0 fully saturated rings. The summed E-state index contributed by atoms with van der Waals surface area (Å²) in [6.07, 6.45) is 1.82. The van der Waals surface area contributed by atoms with E-state index >= 15 is 0 Å². The van der Waals surface area contributed by atoms with Gasteiger partial charge in [-0.15, -0.1) is 0 Å². The molecule has 0 amide bonds. The Morgan fingerprint density at radius 1 is 1.00 bits per heavy atom. The van der Waals surface area contributed by atoms with E-state index in [0.717, 1.165) is 40.7 Å². The Morgan fingerprint density at radius 2 is 1.75 bits per heavy atom. The van der Waals surface area contributed by atoms with Crippen LogP contribution < -0.4 is 16.0 Å². The third-order valence-corrected chi connectivity index (χ3v) is 4.56. The molecular weight excluding hydrogens is 374 g/mol. The zero-order valence-corrected chi connectivity index (χ0v) is 17.6. The minimum atomic E-state index is 0.263. The largest absolute Gasteiger partial charge is 0.364 e. The molecule has 3 rings (SSSR count). The average Bonchev–Trinajstić information content (AvgIpc) is 3.09. The van der Waals surface area contributed by atoms with E-state index in [9.17, 15) is 0 Å². The van der Waals surface area contributed by atoms with Crippen LogP contribution in [0, 0.1) is 0 Å². The van der Waals surface area contributed by atoms with Crippen molar-refractivity contribution in [1.29, 1.82) is 0 Å². The van der Waals surface area contributed by atoms with E-state index in [4.69, 9.17) is 16.6 Å². The molecule has 1 aromatic carbocycles. The molecule has 0 saturated heterocycles. The van der Waals surface area contributed by atoms with Gasteiger partial charge in [-0.05, 0) is 31.5 Å². The summed E-state index contributed by atoms with van der Waals surface area (Å²) in [7, 11) is 0. The van der Waals surface area contributed by atoms with Gasteiger partial charge in [-0.1, -0.05) is 37.6 Å². The number of rotatable bonds is 9. The number of imidazole rings is 1. The minimum Gasteiger partial charge on any atom is -0.364 e. The molecule has 0 saturated carbocycles. The molecule has 0 atom stereocenters. The maximum atomic E-state index is 5.97. The quantitative estimate of drug-likeness (QED) is 0.469. The van der Waals surface area contributed by atoms with E-state index in [2.05, 4.69) is 58.2 Å². The first-order valence-corrected chi connectivity index (χ1v) is 10.0. The third kappa shape index (κ3) is 5.11. The maximum Gasteiger partial charge on any atom is 0.226 e. The molecular formula is C20H28ClN7. The molecule has 3 N–H and O–H groups in total. The Balaban J connectivity index is 1.82. The van der Waals surface area contributed by atoms with Crippen molar-refractivity contribution in [2.75, 3.05) is 23.7 Å². The van der Waals surface area contributed by atoms with Crippen molar-refractivity contribution >= 4 is 34.5 Å². The van der Waals surface area contributed by atoms with E-state index in [1.54, 1.807) is 0 Å². The van der Waals surface area contributed by atoms with Gasteiger partial charge in [0.05, 0.1) is 6.33 Å². The highest BCUT2D eigenvalue weighted by molar-refractivity contribution is 6.30. The van der Waals surface area contributed by atoms with Crippen molar-refractivity contribution in [2.24, 2.45) is 0 Å². The molecule has 150 valence electrons. The van der Waals surface area contributed by atoms with Crippen LogP contribution in [0.25, 0.3) is 11.2 Å². The molecule has 8 heteroatoms. The van der Waals surface area contributed by atoms with Gasteiger partial charge in [0.1, 0.15) is 0 Å². The summed E-state index contributed by atoms with van der Waals surface area (Å²) >= 11 is 5.97. The molecule has 3 aromatic rings. The van der Waals surface area contributed by atoms with Crippen LogP contribution in [0.5, 0.6) is 0 Å². The van der Waals surface area contributed by atoms with Crippen molar-refractivity contribution < 1.29 is 0 Å². The van der Waals surface area contributed by atoms with Crippen LogP contribution in [-0.2, 0) is 6.54 Å². The highest BCUT2D eigenvalue weighted by atomic mass is 35.5. The predicted octanol–water partition coefficient (Wildman–Crippen LogP) is 4.08. The number of anilines is 2. The molecule has 0 aliphatic carbocycles. The lowest BCUT2D eigenvalue weighted by Gasteiger charge is -2.13. The molecule has 7 nitrogen and oxygen atoms in total. The van der Waals surface area contributed by atoms with Gasteiger partial charge in [-0.2, -0.15) is 9.97 Å². The SMILES string of the molecule is CC(C)NCCNc1nc(NCc2ccc(Cl)cc2)c2ncn(C(C)C)c2n1. The second-order valence-corrected chi connectivity index (χ2v) is 7.77. The Bertz CT molecular complexity index is 903. The number of aromatic nitrogens is 4. The summed E-state index contributed by atoms with van der Waals surface area (Å²) in [6, 6.07) is 8.48. The molecule has 0 aliphatic rings. The summed E-state index contributed by atoms with van der Waals surface area (Å²) in [6.45, 7) is 10.7. The molecule has 2 heterocycles. The lowest BCUT2D eigenvalue weighted by atomic mass is 10.2.